The molecular weight excluding hydrogens is 304 g/mol. The minimum absolute atomic E-state index is 0.227. The van der Waals surface area contributed by atoms with Crippen LogP contribution in [-0.2, 0) is 16.6 Å². The molecule has 1 aliphatic rings. The van der Waals surface area contributed by atoms with Crippen molar-refractivity contribution in [2.75, 3.05) is 7.05 Å². The summed E-state index contributed by atoms with van der Waals surface area (Å²) >= 11 is 4.96. The van der Waals surface area contributed by atoms with E-state index < -0.39 is 10.0 Å². The third-order valence-corrected chi connectivity index (χ3v) is 6.57. The van der Waals surface area contributed by atoms with Crippen LogP contribution in [-0.4, -0.2) is 30.0 Å². The van der Waals surface area contributed by atoms with Crippen LogP contribution in [0.3, 0.4) is 0 Å². The third-order valence-electron chi connectivity index (χ3n) is 4.02. The van der Waals surface area contributed by atoms with E-state index >= 15 is 0 Å². The highest BCUT2D eigenvalue weighted by Crippen LogP contribution is 2.26. The van der Waals surface area contributed by atoms with Gasteiger partial charge in [-0.05, 0) is 24.5 Å². The van der Waals surface area contributed by atoms with Gasteiger partial charge in [0.25, 0.3) is 0 Å². The van der Waals surface area contributed by atoms with E-state index in [1.807, 2.05) is 24.3 Å². The molecule has 1 fully saturated rings. The van der Waals surface area contributed by atoms with Crippen LogP contribution in [0.2, 0.25) is 0 Å². The molecule has 1 aromatic carbocycles. The van der Waals surface area contributed by atoms with Crippen molar-refractivity contribution in [3.63, 3.8) is 0 Å². The van der Waals surface area contributed by atoms with Gasteiger partial charge < -0.3 is 5.73 Å². The van der Waals surface area contributed by atoms with Crippen LogP contribution < -0.4 is 5.73 Å². The summed E-state index contributed by atoms with van der Waals surface area (Å²) in [6.45, 7) is 0.356. The quantitative estimate of drug-likeness (QED) is 0.844. The number of nitrogens with zero attached hydrogens (tertiary/aromatic N) is 1. The number of nitrogens with two attached hydrogens (primary N) is 1. The monoisotopic (exact) mass is 326 g/mol. The van der Waals surface area contributed by atoms with Gasteiger partial charge in [0.15, 0.2) is 0 Å². The first-order valence-corrected chi connectivity index (χ1v) is 9.16. The zero-order chi connectivity index (χ0) is 15.5. The highest BCUT2D eigenvalue weighted by atomic mass is 32.2. The first kappa shape index (κ1) is 16.4. The maximum absolute atomic E-state index is 12.6. The summed E-state index contributed by atoms with van der Waals surface area (Å²) in [4.78, 5) is 0.328. The fourth-order valence-corrected chi connectivity index (χ4v) is 4.68. The van der Waals surface area contributed by atoms with Crippen LogP contribution >= 0.6 is 12.2 Å². The van der Waals surface area contributed by atoms with E-state index in [2.05, 4.69) is 0 Å². The summed E-state index contributed by atoms with van der Waals surface area (Å²) in [5.41, 5.74) is 7.29. The first-order valence-electron chi connectivity index (χ1n) is 7.25. The third kappa shape index (κ3) is 4.02. The highest BCUT2D eigenvalue weighted by Gasteiger charge is 2.30. The van der Waals surface area contributed by atoms with Gasteiger partial charge in [0.1, 0.15) is 4.99 Å². The van der Waals surface area contributed by atoms with Crippen molar-refractivity contribution in [2.45, 2.75) is 43.9 Å². The van der Waals surface area contributed by atoms with Crippen molar-refractivity contribution in [1.29, 1.82) is 0 Å². The Hall–Kier alpha value is -0.980. The summed E-state index contributed by atoms with van der Waals surface area (Å²) in [5.74, 6) is 0. The van der Waals surface area contributed by atoms with Gasteiger partial charge in [-0.25, -0.2) is 12.7 Å². The zero-order valence-electron chi connectivity index (χ0n) is 12.3. The summed E-state index contributed by atoms with van der Waals surface area (Å²) < 4.78 is 26.6. The molecule has 6 heteroatoms. The van der Waals surface area contributed by atoms with Crippen LogP contribution in [0, 0.1) is 0 Å². The number of hydrogen-bond acceptors (Lipinski definition) is 3. The van der Waals surface area contributed by atoms with Crippen molar-refractivity contribution in [3.05, 3.63) is 35.4 Å². The molecule has 2 rings (SSSR count). The minimum Gasteiger partial charge on any atom is -0.389 e. The molecule has 0 aromatic heterocycles. The molecule has 0 unspecified atom stereocenters. The number of benzene rings is 1. The molecule has 0 atom stereocenters. The second-order valence-corrected chi connectivity index (χ2v) is 8.39. The minimum atomic E-state index is -3.22. The largest absolute Gasteiger partial charge is 0.389 e. The lowest BCUT2D eigenvalue weighted by Crippen LogP contribution is -2.36. The molecule has 0 amide bonds. The van der Waals surface area contributed by atoms with E-state index in [-0.39, 0.29) is 5.25 Å². The number of hydrogen-bond donors (Lipinski definition) is 1. The maximum Gasteiger partial charge on any atom is 0.217 e. The Morgan fingerprint density at radius 3 is 2.62 bits per heavy atom. The lowest BCUT2D eigenvalue weighted by molar-refractivity contribution is 0.423. The standard InChI is InChI=1S/C15H22N2O2S2/c1-17(21(18,19)14-8-3-2-4-9-14)11-12-6-5-7-13(10-12)15(16)20/h5-7,10,14H,2-4,8-9,11H2,1H3,(H2,16,20). The van der Waals surface area contributed by atoms with E-state index in [1.165, 1.54) is 4.31 Å². The van der Waals surface area contributed by atoms with Crippen molar-refractivity contribution in [2.24, 2.45) is 5.73 Å². The molecule has 4 nitrogen and oxygen atoms in total. The van der Waals surface area contributed by atoms with Crippen molar-refractivity contribution >= 4 is 27.2 Å². The summed E-state index contributed by atoms with van der Waals surface area (Å²) in [6, 6.07) is 7.44. The average Bonchev–Trinajstić information content (AvgIpc) is 2.48. The Kier molecular flexibility index (Phi) is 5.35. The SMILES string of the molecule is CN(Cc1cccc(C(N)=S)c1)S(=O)(=O)C1CCCCC1. The van der Waals surface area contributed by atoms with Crippen LogP contribution in [0.1, 0.15) is 43.2 Å². The van der Waals surface area contributed by atoms with Crippen LogP contribution in [0.4, 0.5) is 0 Å². The molecular formula is C15H22N2O2S2. The van der Waals surface area contributed by atoms with E-state index in [0.29, 0.717) is 11.5 Å². The number of sulfonamides is 1. The molecule has 0 radical (unpaired) electrons. The topological polar surface area (TPSA) is 63.4 Å². The second kappa shape index (κ2) is 6.85. The predicted molar refractivity (Wildman–Crippen MR) is 89.6 cm³/mol. The molecule has 0 saturated heterocycles. The van der Waals surface area contributed by atoms with E-state index in [9.17, 15) is 8.42 Å². The Balaban J connectivity index is 2.11. The predicted octanol–water partition coefficient (Wildman–Crippen LogP) is 2.42. The van der Waals surface area contributed by atoms with E-state index in [0.717, 1.165) is 43.2 Å². The van der Waals surface area contributed by atoms with Gasteiger partial charge in [-0.1, -0.05) is 49.7 Å². The fraction of sp³-hybridized carbons (Fsp3) is 0.533. The van der Waals surface area contributed by atoms with Gasteiger partial charge in [0.2, 0.25) is 10.0 Å². The summed E-state index contributed by atoms with van der Waals surface area (Å²) in [5, 5.41) is -0.227. The summed E-state index contributed by atoms with van der Waals surface area (Å²) in [6.07, 6.45) is 4.72. The van der Waals surface area contributed by atoms with Crippen molar-refractivity contribution in [3.8, 4) is 0 Å². The van der Waals surface area contributed by atoms with Crippen molar-refractivity contribution < 1.29 is 8.42 Å². The molecule has 0 aliphatic heterocycles. The molecule has 0 heterocycles. The average molecular weight is 326 g/mol. The van der Waals surface area contributed by atoms with Gasteiger partial charge in [-0.15, -0.1) is 0 Å². The van der Waals surface area contributed by atoms with E-state index in [4.69, 9.17) is 18.0 Å². The first-order chi connectivity index (χ1) is 9.91. The van der Waals surface area contributed by atoms with Gasteiger partial charge >= 0.3 is 0 Å². The highest BCUT2D eigenvalue weighted by molar-refractivity contribution is 7.89. The molecule has 0 bridgehead atoms. The Bertz CT molecular complexity index is 608. The van der Waals surface area contributed by atoms with Crippen molar-refractivity contribution in [1.82, 2.24) is 4.31 Å². The Labute approximate surface area is 132 Å². The molecule has 116 valence electrons. The van der Waals surface area contributed by atoms with Gasteiger partial charge in [0, 0.05) is 19.2 Å². The molecule has 1 aliphatic carbocycles. The molecule has 2 N–H and O–H groups in total. The lowest BCUT2D eigenvalue weighted by Gasteiger charge is -2.27. The van der Waals surface area contributed by atoms with Crippen LogP contribution in [0.25, 0.3) is 0 Å². The fourth-order valence-electron chi connectivity index (χ4n) is 2.79. The number of thiocarbonyl (C=S) groups is 1. The Morgan fingerprint density at radius 1 is 1.33 bits per heavy atom. The second-order valence-electron chi connectivity index (χ2n) is 5.63. The maximum atomic E-state index is 12.6. The Morgan fingerprint density at radius 2 is 2.00 bits per heavy atom. The summed E-state index contributed by atoms with van der Waals surface area (Å²) in [7, 11) is -1.57. The van der Waals surface area contributed by atoms with Crippen LogP contribution in [0.5, 0.6) is 0 Å². The molecule has 1 aromatic rings. The molecule has 1 saturated carbocycles. The van der Waals surface area contributed by atoms with E-state index in [1.54, 1.807) is 7.05 Å². The lowest BCUT2D eigenvalue weighted by atomic mass is 10.0. The van der Waals surface area contributed by atoms with Gasteiger partial charge in [-0.3, -0.25) is 0 Å². The molecule has 21 heavy (non-hydrogen) atoms. The molecule has 0 spiro atoms. The normalized spacial score (nSPS) is 17.0. The van der Waals surface area contributed by atoms with Gasteiger partial charge in [0.05, 0.1) is 5.25 Å². The van der Waals surface area contributed by atoms with Crippen LogP contribution in [0.15, 0.2) is 24.3 Å². The zero-order valence-corrected chi connectivity index (χ0v) is 13.9. The number of rotatable bonds is 5. The van der Waals surface area contributed by atoms with Gasteiger partial charge in [-0.2, -0.15) is 0 Å². The smallest absolute Gasteiger partial charge is 0.217 e.